The molecule has 1 aromatic heterocycles. The summed E-state index contributed by atoms with van der Waals surface area (Å²) in [6.45, 7) is 2.38. The van der Waals surface area contributed by atoms with E-state index in [-0.39, 0.29) is 5.91 Å². The normalized spacial score (nSPS) is 10.5. The van der Waals surface area contributed by atoms with Gasteiger partial charge in [-0.1, -0.05) is 47.2 Å². The van der Waals surface area contributed by atoms with Crippen molar-refractivity contribution in [3.63, 3.8) is 0 Å². The van der Waals surface area contributed by atoms with Gasteiger partial charge in [0.2, 0.25) is 5.13 Å². The van der Waals surface area contributed by atoms with E-state index in [2.05, 4.69) is 10.2 Å². The zero-order valence-electron chi connectivity index (χ0n) is 13.8. The average molecular weight is 374 g/mol. The second kappa shape index (κ2) is 7.63. The van der Waals surface area contributed by atoms with Gasteiger partial charge in [0.25, 0.3) is 5.91 Å². The summed E-state index contributed by atoms with van der Waals surface area (Å²) < 4.78 is 5.29. The van der Waals surface area contributed by atoms with Crippen molar-refractivity contribution in [2.24, 2.45) is 0 Å². The summed E-state index contributed by atoms with van der Waals surface area (Å²) >= 11 is 7.28. The van der Waals surface area contributed by atoms with Gasteiger partial charge in [0.15, 0.2) is 0 Å². The van der Waals surface area contributed by atoms with Gasteiger partial charge in [-0.25, -0.2) is 0 Å². The molecule has 1 heterocycles. The first kappa shape index (κ1) is 17.4. The Hall–Kier alpha value is -2.44. The number of ether oxygens (including phenoxy) is 1. The highest BCUT2D eigenvalue weighted by Crippen LogP contribution is 2.31. The fourth-order valence-electron chi connectivity index (χ4n) is 2.37. The molecule has 2 aromatic carbocycles. The van der Waals surface area contributed by atoms with Crippen molar-refractivity contribution in [2.75, 3.05) is 18.6 Å². The highest BCUT2D eigenvalue weighted by atomic mass is 35.5. The highest BCUT2D eigenvalue weighted by Gasteiger charge is 2.23. The first-order chi connectivity index (χ1) is 12.1. The van der Waals surface area contributed by atoms with E-state index in [0.717, 1.165) is 10.6 Å². The number of anilines is 1. The fourth-order valence-corrected chi connectivity index (χ4v) is 3.40. The number of nitrogens with zero attached hydrogens (tertiary/aromatic N) is 3. The molecular weight excluding hydrogens is 358 g/mol. The van der Waals surface area contributed by atoms with Crippen LogP contribution in [0.15, 0.2) is 48.5 Å². The van der Waals surface area contributed by atoms with Crippen LogP contribution in [-0.2, 0) is 0 Å². The van der Waals surface area contributed by atoms with Crippen molar-refractivity contribution in [1.82, 2.24) is 10.2 Å². The average Bonchev–Trinajstić information content (AvgIpc) is 3.12. The molecule has 0 radical (unpaired) electrons. The number of aromatic nitrogens is 2. The number of carbonyl (C=O) groups is 1. The molecular formula is C18H16ClN3O2S. The van der Waals surface area contributed by atoms with Crippen LogP contribution in [0.4, 0.5) is 5.13 Å². The molecule has 0 fully saturated rings. The number of amides is 1. The maximum absolute atomic E-state index is 12.9. The largest absolute Gasteiger partial charge is 0.496 e. The van der Waals surface area contributed by atoms with Crippen LogP contribution in [-0.4, -0.2) is 29.8 Å². The van der Waals surface area contributed by atoms with Gasteiger partial charge in [0.05, 0.1) is 12.7 Å². The van der Waals surface area contributed by atoms with Crippen molar-refractivity contribution in [2.45, 2.75) is 6.92 Å². The molecule has 0 aliphatic rings. The minimum absolute atomic E-state index is 0.168. The Labute approximate surface area is 154 Å². The number of rotatable bonds is 5. The van der Waals surface area contributed by atoms with Crippen LogP contribution >= 0.6 is 22.9 Å². The lowest BCUT2D eigenvalue weighted by molar-refractivity contribution is 0.0985. The quantitative estimate of drug-likeness (QED) is 0.659. The van der Waals surface area contributed by atoms with Crippen LogP contribution in [0.1, 0.15) is 17.3 Å². The van der Waals surface area contributed by atoms with Gasteiger partial charge in [-0.05, 0) is 31.2 Å². The predicted octanol–water partition coefficient (Wildman–Crippen LogP) is 4.53. The maximum Gasteiger partial charge on any atom is 0.263 e. The molecule has 3 rings (SSSR count). The fraction of sp³-hybridized carbons (Fsp3) is 0.167. The molecule has 0 atom stereocenters. The van der Waals surface area contributed by atoms with Crippen LogP contribution in [0.25, 0.3) is 10.6 Å². The van der Waals surface area contributed by atoms with Gasteiger partial charge in [-0.15, -0.1) is 10.2 Å². The van der Waals surface area contributed by atoms with Crippen molar-refractivity contribution < 1.29 is 9.53 Å². The Kier molecular flexibility index (Phi) is 5.31. The number of para-hydroxylation sites is 1. The minimum Gasteiger partial charge on any atom is -0.496 e. The highest BCUT2D eigenvalue weighted by molar-refractivity contribution is 7.18. The van der Waals surface area contributed by atoms with Gasteiger partial charge in [0, 0.05) is 17.1 Å². The molecule has 5 nitrogen and oxygen atoms in total. The Balaban J connectivity index is 1.91. The number of methoxy groups -OCH3 is 1. The zero-order chi connectivity index (χ0) is 17.8. The number of carbonyl (C=O) groups excluding carboxylic acids is 1. The molecule has 1 amide bonds. The summed E-state index contributed by atoms with van der Waals surface area (Å²) in [6.07, 6.45) is 0. The van der Waals surface area contributed by atoms with Gasteiger partial charge in [0.1, 0.15) is 10.8 Å². The SMILES string of the molecule is CCN(C(=O)c1ccccc1OC)c1nnc(-c2ccc(Cl)cc2)s1. The number of benzene rings is 2. The molecule has 0 bridgehead atoms. The molecule has 0 saturated heterocycles. The second-order valence-electron chi connectivity index (χ2n) is 5.15. The number of halogens is 1. The predicted molar refractivity (Wildman–Crippen MR) is 101 cm³/mol. The molecule has 25 heavy (non-hydrogen) atoms. The third-order valence-electron chi connectivity index (χ3n) is 3.64. The molecule has 7 heteroatoms. The van der Waals surface area contributed by atoms with E-state index in [1.54, 1.807) is 36.3 Å². The zero-order valence-corrected chi connectivity index (χ0v) is 15.3. The molecule has 0 aliphatic carbocycles. The van der Waals surface area contributed by atoms with Gasteiger partial charge >= 0.3 is 0 Å². The lowest BCUT2D eigenvalue weighted by atomic mass is 10.2. The lowest BCUT2D eigenvalue weighted by Gasteiger charge is -2.18. The minimum atomic E-state index is -0.168. The molecule has 0 unspecified atom stereocenters. The third kappa shape index (κ3) is 3.65. The van der Waals surface area contributed by atoms with Crippen molar-refractivity contribution in [3.8, 4) is 16.3 Å². The van der Waals surface area contributed by atoms with E-state index < -0.39 is 0 Å². The Morgan fingerprint density at radius 2 is 1.88 bits per heavy atom. The first-order valence-corrected chi connectivity index (χ1v) is 8.87. The monoisotopic (exact) mass is 373 g/mol. The summed E-state index contributed by atoms with van der Waals surface area (Å²) in [7, 11) is 1.55. The molecule has 3 aromatic rings. The summed E-state index contributed by atoms with van der Waals surface area (Å²) in [5.41, 5.74) is 1.41. The standard InChI is InChI=1S/C18H16ClN3O2S/c1-3-22(17(23)14-6-4-5-7-15(14)24-2)18-21-20-16(25-18)12-8-10-13(19)11-9-12/h4-11H,3H2,1-2H3. The summed E-state index contributed by atoms with van der Waals surface area (Å²) in [5.74, 6) is 0.368. The first-order valence-electron chi connectivity index (χ1n) is 7.68. The molecule has 0 N–H and O–H groups in total. The summed E-state index contributed by atoms with van der Waals surface area (Å²) in [6, 6.07) is 14.5. The number of hydrogen-bond acceptors (Lipinski definition) is 5. The lowest BCUT2D eigenvalue weighted by Crippen LogP contribution is -2.30. The summed E-state index contributed by atoms with van der Waals surface area (Å²) in [5, 5.41) is 10.3. The van der Waals surface area contributed by atoms with Crippen LogP contribution in [0.2, 0.25) is 5.02 Å². The smallest absolute Gasteiger partial charge is 0.263 e. The number of hydrogen-bond donors (Lipinski definition) is 0. The van der Waals surface area contributed by atoms with Gasteiger partial charge in [-0.3, -0.25) is 9.69 Å². The van der Waals surface area contributed by atoms with Crippen LogP contribution < -0.4 is 9.64 Å². The molecule has 0 spiro atoms. The Morgan fingerprint density at radius 1 is 1.16 bits per heavy atom. The molecule has 0 aliphatic heterocycles. The maximum atomic E-state index is 12.9. The van der Waals surface area contributed by atoms with Crippen molar-refractivity contribution in [1.29, 1.82) is 0 Å². The van der Waals surface area contributed by atoms with E-state index in [4.69, 9.17) is 16.3 Å². The van der Waals surface area contributed by atoms with Crippen LogP contribution in [0.3, 0.4) is 0 Å². The van der Waals surface area contributed by atoms with Crippen LogP contribution in [0, 0.1) is 0 Å². The van der Waals surface area contributed by atoms with E-state index in [1.807, 2.05) is 31.2 Å². The van der Waals surface area contributed by atoms with Gasteiger partial charge < -0.3 is 4.74 Å². The van der Waals surface area contributed by atoms with E-state index >= 15 is 0 Å². The van der Waals surface area contributed by atoms with Crippen LogP contribution in [0.5, 0.6) is 5.75 Å². The Morgan fingerprint density at radius 3 is 2.56 bits per heavy atom. The second-order valence-corrected chi connectivity index (χ2v) is 6.54. The Bertz CT molecular complexity index is 880. The van der Waals surface area contributed by atoms with E-state index in [9.17, 15) is 4.79 Å². The topological polar surface area (TPSA) is 55.3 Å². The van der Waals surface area contributed by atoms with Crippen molar-refractivity contribution in [3.05, 3.63) is 59.1 Å². The third-order valence-corrected chi connectivity index (χ3v) is 4.88. The molecule has 0 saturated carbocycles. The summed E-state index contributed by atoms with van der Waals surface area (Å²) in [4.78, 5) is 14.5. The molecule has 128 valence electrons. The van der Waals surface area contributed by atoms with Crippen molar-refractivity contribution >= 4 is 34.0 Å². The van der Waals surface area contributed by atoms with Gasteiger partial charge in [-0.2, -0.15) is 0 Å². The van der Waals surface area contributed by atoms with E-state index in [0.29, 0.717) is 28.0 Å². The van der Waals surface area contributed by atoms with E-state index in [1.165, 1.54) is 11.3 Å².